The van der Waals surface area contributed by atoms with Gasteiger partial charge in [-0.25, -0.2) is 13.2 Å². The molecule has 0 amide bonds. The van der Waals surface area contributed by atoms with Crippen molar-refractivity contribution in [2.75, 3.05) is 13.1 Å². The first-order valence-corrected chi connectivity index (χ1v) is 7.93. The zero-order chi connectivity index (χ0) is 16.5. The smallest absolute Gasteiger partial charge is 0.402 e. The molecule has 0 spiro atoms. The summed E-state index contributed by atoms with van der Waals surface area (Å²) in [6.45, 7) is -1.98. The number of alkyl halides is 3. The maximum absolute atomic E-state index is 12.7. The van der Waals surface area contributed by atoms with Crippen LogP contribution in [0.5, 0.6) is 0 Å². The van der Waals surface area contributed by atoms with E-state index in [0.29, 0.717) is 12.8 Å². The number of carboxylic acids is 1. The minimum Gasteiger partial charge on any atom is -0.478 e. The fourth-order valence-corrected chi connectivity index (χ4v) is 3.75. The van der Waals surface area contributed by atoms with Gasteiger partial charge in [-0.05, 0) is 24.8 Å². The standard InChI is InChI=1S/C12H14F3NO5S/c13-12(14,15)7-16(6-8-2-1-3-8)22(19,20)11-9(10(17)18)4-5-21-11/h4-5,8H,1-3,6-7H2,(H,17,18). The zero-order valence-corrected chi connectivity index (χ0v) is 12.2. The van der Waals surface area contributed by atoms with Crippen LogP contribution in [-0.4, -0.2) is 43.1 Å². The number of rotatable bonds is 6. The molecule has 1 aliphatic rings. The normalized spacial score (nSPS) is 16.7. The van der Waals surface area contributed by atoms with E-state index in [2.05, 4.69) is 4.42 Å². The van der Waals surface area contributed by atoms with Crippen molar-refractivity contribution in [2.45, 2.75) is 30.5 Å². The van der Waals surface area contributed by atoms with Crippen LogP contribution in [0.15, 0.2) is 21.8 Å². The molecule has 22 heavy (non-hydrogen) atoms. The van der Waals surface area contributed by atoms with E-state index >= 15 is 0 Å². The average Bonchev–Trinajstić information content (AvgIpc) is 2.80. The van der Waals surface area contributed by atoms with Crippen molar-refractivity contribution >= 4 is 16.0 Å². The van der Waals surface area contributed by atoms with Crippen LogP contribution < -0.4 is 0 Å². The lowest BCUT2D eigenvalue weighted by atomic mass is 9.85. The summed E-state index contributed by atoms with van der Waals surface area (Å²) in [5, 5.41) is 7.94. The quantitative estimate of drug-likeness (QED) is 0.858. The van der Waals surface area contributed by atoms with Crippen LogP contribution in [0.25, 0.3) is 0 Å². The van der Waals surface area contributed by atoms with Crippen molar-refractivity contribution in [3.8, 4) is 0 Å². The third kappa shape index (κ3) is 3.61. The van der Waals surface area contributed by atoms with Crippen molar-refractivity contribution in [1.29, 1.82) is 0 Å². The van der Waals surface area contributed by atoms with Crippen molar-refractivity contribution in [3.05, 3.63) is 17.9 Å². The highest BCUT2D eigenvalue weighted by Gasteiger charge is 2.41. The molecule has 1 saturated carbocycles. The number of carbonyl (C=O) groups is 1. The topological polar surface area (TPSA) is 87.8 Å². The molecule has 10 heteroatoms. The second-order valence-electron chi connectivity index (χ2n) is 5.14. The minimum atomic E-state index is -4.73. The molecule has 1 aliphatic carbocycles. The Morgan fingerprint density at radius 1 is 1.41 bits per heavy atom. The van der Waals surface area contributed by atoms with Gasteiger partial charge in [0.05, 0.1) is 6.26 Å². The molecule has 124 valence electrons. The molecular weight excluding hydrogens is 327 g/mol. The van der Waals surface area contributed by atoms with Gasteiger partial charge in [0.15, 0.2) is 0 Å². The summed E-state index contributed by atoms with van der Waals surface area (Å²) in [7, 11) is -4.67. The van der Waals surface area contributed by atoms with Crippen molar-refractivity contribution in [2.24, 2.45) is 5.92 Å². The Morgan fingerprint density at radius 2 is 2.05 bits per heavy atom. The highest BCUT2D eigenvalue weighted by Crippen LogP contribution is 2.32. The Labute approximate surface area is 124 Å². The number of hydrogen-bond acceptors (Lipinski definition) is 4. The summed E-state index contributed by atoms with van der Waals surface area (Å²) < 4.78 is 67.5. The Morgan fingerprint density at radius 3 is 2.50 bits per heavy atom. The van der Waals surface area contributed by atoms with E-state index in [-0.39, 0.29) is 16.8 Å². The Hall–Kier alpha value is -1.55. The number of aromatic carboxylic acids is 1. The maximum atomic E-state index is 12.7. The number of furan rings is 1. The van der Waals surface area contributed by atoms with E-state index < -0.39 is 39.4 Å². The van der Waals surface area contributed by atoms with Gasteiger partial charge in [-0.2, -0.15) is 17.5 Å². The predicted octanol–water partition coefficient (Wildman–Crippen LogP) is 2.33. The maximum Gasteiger partial charge on any atom is 0.402 e. The van der Waals surface area contributed by atoms with Crippen LogP contribution in [0.1, 0.15) is 29.6 Å². The average molecular weight is 341 g/mol. The predicted molar refractivity (Wildman–Crippen MR) is 67.8 cm³/mol. The Balaban J connectivity index is 2.34. The summed E-state index contributed by atoms with van der Waals surface area (Å²) in [5.74, 6) is -1.73. The Kier molecular flexibility index (Phi) is 4.52. The monoisotopic (exact) mass is 341 g/mol. The largest absolute Gasteiger partial charge is 0.478 e. The molecule has 0 atom stereocenters. The second-order valence-corrected chi connectivity index (χ2v) is 6.97. The van der Waals surface area contributed by atoms with Gasteiger partial charge in [0.25, 0.3) is 10.0 Å². The van der Waals surface area contributed by atoms with E-state index in [0.717, 1.165) is 18.8 Å². The molecule has 0 aliphatic heterocycles. The number of carboxylic acid groups (broad SMARTS) is 1. The van der Waals surface area contributed by atoms with Gasteiger partial charge in [0, 0.05) is 6.54 Å². The molecule has 1 fully saturated rings. The molecule has 1 aromatic rings. The molecule has 0 radical (unpaired) electrons. The molecular formula is C12H14F3NO5S. The molecule has 0 unspecified atom stereocenters. The lowest BCUT2D eigenvalue weighted by molar-refractivity contribution is -0.137. The minimum absolute atomic E-state index is 0.152. The first-order chi connectivity index (χ1) is 10.1. The number of halogens is 3. The van der Waals surface area contributed by atoms with E-state index in [1.807, 2.05) is 0 Å². The van der Waals surface area contributed by atoms with Gasteiger partial charge in [0.2, 0.25) is 5.09 Å². The SMILES string of the molecule is O=C(O)c1ccoc1S(=O)(=O)N(CC1CCC1)CC(F)(F)F. The Bertz CT molecular complexity index is 648. The molecule has 6 nitrogen and oxygen atoms in total. The van der Waals surface area contributed by atoms with Crippen LogP contribution in [0.2, 0.25) is 0 Å². The van der Waals surface area contributed by atoms with Gasteiger partial charge in [-0.15, -0.1) is 0 Å². The summed E-state index contributed by atoms with van der Waals surface area (Å²) in [6.07, 6.45) is -1.77. The van der Waals surface area contributed by atoms with E-state index in [1.54, 1.807) is 0 Å². The van der Waals surface area contributed by atoms with E-state index in [4.69, 9.17) is 5.11 Å². The van der Waals surface area contributed by atoms with Gasteiger partial charge < -0.3 is 9.52 Å². The molecule has 0 saturated heterocycles. The highest BCUT2D eigenvalue weighted by atomic mass is 32.2. The van der Waals surface area contributed by atoms with Gasteiger partial charge in [-0.3, -0.25) is 0 Å². The van der Waals surface area contributed by atoms with E-state index in [9.17, 15) is 26.4 Å². The number of hydrogen-bond donors (Lipinski definition) is 1. The van der Waals surface area contributed by atoms with Crippen molar-refractivity contribution in [3.63, 3.8) is 0 Å². The molecule has 0 bridgehead atoms. The summed E-state index contributed by atoms with van der Waals surface area (Å²) >= 11 is 0. The number of sulfonamides is 1. The summed E-state index contributed by atoms with van der Waals surface area (Å²) in [6, 6.07) is 0.893. The first kappa shape index (κ1) is 16.8. The van der Waals surface area contributed by atoms with Crippen LogP contribution >= 0.6 is 0 Å². The van der Waals surface area contributed by atoms with Crippen LogP contribution in [0.4, 0.5) is 13.2 Å². The fourth-order valence-electron chi connectivity index (χ4n) is 2.18. The van der Waals surface area contributed by atoms with E-state index in [1.165, 1.54) is 0 Å². The zero-order valence-electron chi connectivity index (χ0n) is 11.3. The molecule has 1 heterocycles. The van der Waals surface area contributed by atoms with Crippen molar-refractivity contribution in [1.82, 2.24) is 4.31 Å². The molecule has 1 N–H and O–H groups in total. The van der Waals surface area contributed by atoms with Crippen LogP contribution in [0.3, 0.4) is 0 Å². The third-order valence-corrected chi connectivity index (χ3v) is 5.22. The third-order valence-electron chi connectivity index (χ3n) is 3.48. The van der Waals surface area contributed by atoms with Crippen LogP contribution in [0, 0.1) is 5.92 Å². The number of nitrogens with zero attached hydrogens (tertiary/aromatic N) is 1. The van der Waals surface area contributed by atoms with Crippen molar-refractivity contribution < 1.29 is 35.9 Å². The van der Waals surface area contributed by atoms with Crippen LogP contribution in [-0.2, 0) is 10.0 Å². The second kappa shape index (κ2) is 5.92. The lowest BCUT2D eigenvalue weighted by Crippen LogP contribution is -2.43. The molecule has 2 rings (SSSR count). The van der Waals surface area contributed by atoms with Gasteiger partial charge in [-0.1, -0.05) is 6.42 Å². The molecule has 0 aromatic carbocycles. The lowest BCUT2D eigenvalue weighted by Gasteiger charge is -2.31. The first-order valence-electron chi connectivity index (χ1n) is 6.49. The van der Waals surface area contributed by atoms with Gasteiger partial charge in [0.1, 0.15) is 12.1 Å². The highest BCUT2D eigenvalue weighted by molar-refractivity contribution is 7.89. The van der Waals surface area contributed by atoms with Gasteiger partial charge >= 0.3 is 12.1 Å². The summed E-state index contributed by atoms with van der Waals surface area (Å²) in [4.78, 5) is 11.0. The summed E-state index contributed by atoms with van der Waals surface area (Å²) in [5.41, 5.74) is -0.680. The fraction of sp³-hybridized carbons (Fsp3) is 0.583. The molecule has 1 aromatic heterocycles.